The molecular weight excluding hydrogens is 190 g/mol. The Hall–Kier alpha value is -1.90. The Labute approximate surface area is 87.4 Å². The fraction of sp³-hybridized carbons (Fsp3) is 0.167. The maximum atomic E-state index is 11.4. The van der Waals surface area contributed by atoms with Gasteiger partial charge in [0.1, 0.15) is 5.75 Å². The summed E-state index contributed by atoms with van der Waals surface area (Å²) in [7, 11) is 0. The van der Waals surface area contributed by atoms with Crippen molar-refractivity contribution in [2.24, 2.45) is 0 Å². The molecular formula is C12H11NO2. The lowest BCUT2D eigenvalue weighted by molar-refractivity contribution is 0.101. The van der Waals surface area contributed by atoms with Crippen molar-refractivity contribution in [1.29, 1.82) is 0 Å². The van der Waals surface area contributed by atoms with E-state index >= 15 is 0 Å². The standard InChI is InChI=1S/C12H11NO2/c1-7-12-10(5-6-13-7)9(8(2)14)3-4-11(12)15/h3-6,15H,1-2H3. The number of carbonyl (C=O) groups is 1. The van der Waals surface area contributed by atoms with E-state index < -0.39 is 0 Å². The molecule has 0 unspecified atom stereocenters. The number of Topliss-reactive ketones (excluding diaryl/α,β-unsaturated/α-hetero) is 1. The van der Waals surface area contributed by atoms with Crippen molar-refractivity contribution in [2.75, 3.05) is 0 Å². The first-order valence-electron chi connectivity index (χ1n) is 4.69. The molecule has 0 bridgehead atoms. The molecule has 0 amide bonds. The minimum Gasteiger partial charge on any atom is -0.507 e. The van der Waals surface area contributed by atoms with Crippen LogP contribution >= 0.6 is 0 Å². The molecule has 0 spiro atoms. The maximum absolute atomic E-state index is 11.4. The van der Waals surface area contributed by atoms with Crippen molar-refractivity contribution >= 4 is 16.6 Å². The van der Waals surface area contributed by atoms with Crippen molar-refractivity contribution in [3.05, 3.63) is 35.7 Å². The molecule has 1 aromatic heterocycles. The topological polar surface area (TPSA) is 50.2 Å². The predicted octanol–water partition coefficient (Wildman–Crippen LogP) is 2.45. The monoisotopic (exact) mass is 201 g/mol. The SMILES string of the molecule is CC(=O)c1ccc(O)c2c(C)nccc12. The minimum atomic E-state index is -0.00870. The van der Waals surface area contributed by atoms with E-state index in [2.05, 4.69) is 4.98 Å². The summed E-state index contributed by atoms with van der Waals surface area (Å²) in [5.74, 6) is 0.159. The number of phenols is 1. The van der Waals surface area contributed by atoms with E-state index in [1.54, 1.807) is 18.3 Å². The molecule has 0 saturated heterocycles. The molecule has 0 radical (unpaired) electrons. The van der Waals surface area contributed by atoms with Gasteiger partial charge in [-0.25, -0.2) is 0 Å². The van der Waals surface area contributed by atoms with Gasteiger partial charge in [-0.15, -0.1) is 0 Å². The molecule has 76 valence electrons. The highest BCUT2D eigenvalue weighted by Crippen LogP contribution is 2.29. The highest BCUT2D eigenvalue weighted by molar-refractivity contribution is 6.08. The molecule has 1 aromatic carbocycles. The third-order valence-electron chi connectivity index (χ3n) is 2.47. The highest BCUT2D eigenvalue weighted by Gasteiger charge is 2.10. The molecule has 0 aliphatic rings. The second-order valence-corrected chi connectivity index (χ2v) is 3.51. The van der Waals surface area contributed by atoms with Crippen LogP contribution in [-0.2, 0) is 0 Å². The van der Waals surface area contributed by atoms with Crippen LogP contribution in [0.4, 0.5) is 0 Å². The number of aryl methyl sites for hydroxylation is 1. The lowest BCUT2D eigenvalue weighted by atomic mass is 10.0. The summed E-state index contributed by atoms with van der Waals surface area (Å²) in [6.07, 6.45) is 1.64. The third-order valence-corrected chi connectivity index (χ3v) is 2.47. The summed E-state index contributed by atoms with van der Waals surface area (Å²) in [5.41, 5.74) is 1.35. The van der Waals surface area contributed by atoms with E-state index in [9.17, 15) is 9.90 Å². The molecule has 1 N–H and O–H groups in total. The minimum absolute atomic E-state index is 0.00870. The zero-order valence-corrected chi connectivity index (χ0v) is 8.61. The van der Waals surface area contributed by atoms with Gasteiger partial charge < -0.3 is 5.11 Å². The van der Waals surface area contributed by atoms with Crippen molar-refractivity contribution in [1.82, 2.24) is 4.98 Å². The van der Waals surface area contributed by atoms with Gasteiger partial charge in [-0.2, -0.15) is 0 Å². The number of rotatable bonds is 1. The Kier molecular flexibility index (Phi) is 2.15. The van der Waals surface area contributed by atoms with Gasteiger partial charge >= 0.3 is 0 Å². The number of ketones is 1. The predicted molar refractivity (Wildman–Crippen MR) is 58.1 cm³/mol. The summed E-state index contributed by atoms with van der Waals surface area (Å²) < 4.78 is 0. The summed E-state index contributed by atoms with van der Waals surface area (Å²) >= 11 is 0. The van der Waals surface area contributed by atoms with Gasteiger partial charge in [-0.05, 0) is 37.4 Å². The van der Waals surface area contributed by atoms with Crippen LogP contribution in [0.15, 0.2) is 24.4 Å². The van der Waals surface area contributed by atoms with Crippen molar-refractivity contribution in [3.8, 4) is 5.75 Å². The van der Waals surface area contributed by atoms with E-state index in [0.29, 0.717) is 10.9 Å². The fourth-order valence-electron chi connectivity index (χ4n) is 1.76. The average molecular weight is 201 g/mol. The number of carbonyl (C=O) groups excluding carboxylic acids is 1. The first-order valence-corrected chi connectivity index (χ1v) is 4.69. The van der Waals surface area contributed by atoms with Gasteiger partial charge in [-0.3, -0.25) is 9.78 Å². The molecule has 3 heteroatoms. The quantitative estimate of drug-likeness (QED) is 0.721. The van der Waals surface area contributed by atoms with Crippen molar-refractivity contribution in [2.45, 2.75) is 13.8 Å². The molecule has 0 aliphatic carbocycles. The number of phenolic OH excluding ortho intramolecular Hbond substituents is 1. The largest absolute Gasteiger partial charge is 0.507 e. The van der Waals surface area contributed by atoms with Crippen LogP contribution in [0.3, 0.4) is 0 Å². The Bertz CT molecular complexity index is 538. The van der Waals surface area contributed by atoms with E-state index in [-0.39, 0.29) is 11.5 Å². The molecule has 3 nitrogen and oxygen atoms in total. The summed E-state index contributed by atoms with van der Waals surface area (Å²) in [6, 6.07) is 4.92. The zero-order chi connectivity index (χ0) is 11.0. The third kappa shape index (κ3) is 1.46. The van der Waals surface area contributed by atoms with Crippen LogP contribution in [-0.4, -0.2) is 15.9 Å². The van der Waals surface area contributed by atoms with Crippen LogP contribution in [0, 0.1) is 6.92 Å². The number of hydrogen-bond acceptors (Lipinski definition) is 3. The number of hydrogen-bond donors (Lipinski definition) is 1. The average Bonchev–Trinajstić information content (AvgIpc) is 2.17. The Morgan fingerprint density at radius 1 is 1.33 bits per heavy atom. The summed E-state index contributed by atoms with van der Waals surface area (Å²) in [6.45, 7) is 3.33. The zero-order valence-electron chi connectivity index (χ0n) is 8.61. The smallest absolute Gasteiger partial charge is 0.160 e. The second-order valence-electron chi connectivity index (χ2n) is 3.51. The van der Waals surface area contributed by atoms with Gasteiger partial charge in [0.05, 0.1) is 0 Å². The fourth-order valence-corrected chi connectivity index (χ4v) is 1.76. The summed E-state index contributed by atoms with van der Waals surface area (Å²) in [4.78, 5) is 15.5. The van der Waals surface area contributed by atoms with Crippen LogP contribution in [0.2, 0.25) is 0 Å². The highest BCUT2D eigenvalue weighted by atomic mass is 16.3. The van der Waals surface area contributed by atoms with E-state index in [1.165, 1.54) is 13.0 Å². The Morgan fingerprint density at radius 3 is 2.73 bits per heavy atom. The molecule has 0 aliphatic heterocycles. The second kappa shape index (κ2) is 3.35. The van der Waals surface area contributed by atoms with E-state index in [1.807, 2.05) is 6.92 Å². The first-order chi connectivity index (χ1) is 7.11. The maximum Gasteiger partial charge on any atom is 0.160 e. The van der Waals surface area contributed by atoms with Crippen molar-refractivity contribution in [3.63, 3.8) is 0 Å². The van der Waals surface area contributed by atoms with Crippen LogP contribution in [0.1, 0.15) is 23.0 Å². The number of aromatic hydroxyl groups is 1. The molecule has 1 heterocycles. The van der Waals surface area contributed by atoms with Crippen LogP contribution in [0.25, 0.3) is 10.8 Å². The van der Waals surface area contributed by atoms with Gasteiger partial charge in [-0.1, -0.05) is 0 Å². The molecule has 2 aromatic rings. The Balaban J connectivity index is 2.95. The number of benzene rings is 1. The molecule has 0 atom stereocenters. The number of fused-ring (bicyclic) bond motifs is 1. The lowest BCUT2D eigenvalue weighted by Gasteiger charge is -2.07. The normalized spacial score (nSPS) is 10.5. The van der Waals surface area contributed by atoms with Crippen LogP contribution < -0.4 is 0 Å². The molecule has 2 rings (SSSR count). The Morgan fingerprint density at radius 2 is 2.07 bits per heavy atom. The van der Waals surface area contributed by atoms with Crippen LogP contribution in [0.5, 0.6) is 5.75 Å². The van der Waals surface area contributed by atoms with Gasteiger partial charge in [0.25, 0.3) is 0 Å². The van der Waals surface area contributed by atoms with Gasteiger partial charge in [0.2, 0.25) is 0 Å². The number of nitrogens with zero attached hydrogens (tertiary/aromatic N) is 1. The number of aromatic nitrogens is 1. The van der Waals surface area contributed by atoms with Gasteiger partial charge in [0, 0.05) is 22.8 Å². The summed E-state index contributed by atoms with van der Waals surface area (Å²) in [5, 5.41) is 11.1. The first kappa shape index (κ1) is 9.65. The van der Waals surface area contributed by atoms with Gasteiger partial charge in [0.15, 0.2) is 5.78 Å². The lowest BCUT2D eigenvalue weighted by Crippen LogP contribution is -1.95. The molecule has 15 heavy (non-hydrogen) atoms. The number of pyridine rings is 1. The molecule has 0 saturated carbocycles. The van der Waals surface area contributed by atoms with E-state index in [4.69, 9.17) is 0 Å². The van der Waals surface area contributed by atoms with E-state index in [0.717, 1.165) is 11.1 Å². The molecule has 0 fully saturated rings. The van der Waals surface area contributed by atoms with Crippen molar-refractivity contribution < 1.29 is 9.90 Å².